The molecule has 0 bridgehead atoms. The fourth-order valence-electron chi connectivity index (χ4n) is 2.67. The summed E-state index contributed by atoms with van der Waals surface area (Å²) in [6, 6.07) is 0. The van der Waals surface area contributed by atoms with Crippen molar-refractivity contribution in [3.8, 4) is 0 Å². The van der Waals surface area contributed by atoms with Gasteiger partial charge in [-0.1, -0.05) is 0 Å². The number of piperidine rings is 1. The van der Waals surface area contributed by atoms with E-state index in [4.69, 9.17) is 4.74 Å². The van der Waals surface area contributed by atoms with Crippen LogP contribution in [-0.2, 0) is 9.53 Å². The number of rotatable bonds is 0. The molecule has 2 amide bonds. The van der Waals surface area contributed by atoms with Gasteiger partial charge in [-0.05, 0) is 40.7 Å². The van der Waals surface area contributed by atoms with E-state index >= 15 is 0 Å². The van der Waals surface area contributed by atoms with Gasteiger partial charge in [0.15, 0.2) is 0 Å². The van der Waals surface area contributed by atoms with Crippen molar-refractivity contribution in [1.82, 2.24) is 15.1 Å². The molecule has 2 aliphatic heterocycles. The van der Waals surface area contributed by atoms with Crippen LogP contribution in [0, 0.1) is 0 Å². The molecule has 2 fully saturated rings. The highest BCUT2D eigenvalue weighted by atomic mass is 16.6. The molecule has 6 heteroatoms. The second-order valence-electron chi connectivity index (χ2n) is 6.36. The summed E-state index contributed by atoms with van der Waals surface area (Å²) in [4.78, 5) is 27.7. The predicted octanol–water partition coefficient (Wildman–Crippen LogP) is 0.775. The number of nitrogens with one attached hydrogen (secondary N) is 1. The molecule has 6 nitrogen and oxygen atoms in total. The average Bonchev–Trinajstić information content (AvgIpc) is 2.57. The molecule has 1 spiro atoms. The average molecular weight is 269 g/mol. The van der Waals surface area contributed by atoms with Crippen LogP contribution >= 0.6 is 0 Å². The molecule has 0 aliphatic carbocycles. The van der Waals surface area contributed by atoms with Crippen LogP contribution in [0.4, 0.5) is 4.79 Å². The summed E-state index contributed by atoms with van der Waals surface area (Å²) < 4.78 is 5.35. The van der Waals surface area contributed by atoms with E-state index < -0.39 is 11.1 Å². The molecule has 0 aromatic heterocycles. The molecule has 0 aromatic rings. The number of hydrogen-bond donors (Lipinski definition) is 1. The van der Waals surface area contributed by atoms with Crippen LogP contribution in [0.25, 0.3) is 0 Å². The lowest BCUT2D eigenvalue weighted by Gasteiger charge is -2.41. The summed E-state index contributed by atoms with van der Waals surface area (Å²) in [6.07, 6.45) is 1.03. The van der Waals surface area contributed by atoms with Crippen molar-refractivity contribution in [2.75, 3.05) is 26.8 Å². The van der Waals surface area contributed by atoms with E-state index in [-0.39, 0.29) is 12.0 Å². The number of likely N-dealkylation sites (tertiary alicyclic amines) is 1. The Labute approximate surface area is 114 Å². The van der Waals surface area contributed by atoms with Gasteiger partial charge >= 0.3 is 6.09 Å². The molecule has 0 atom stereocenters. The summed E-state index contributed by atoms with van der Waals surface area (Å²) in [5.74, 6) is 0.0823. The molecule has 2 saturated heterocycles. The van der Waals surface area contributed by atoms with Crippen molar-refractivity contribution in [1.29, 1.82) is 0 Å². The highest BCUT2D eigenvalue weighted by Crippen LogP contribution is 2.31. The standard InChI is InChI=1S/C13H23N3O3/c1-12(2,3)19-11(18)16-7-5-13(6-8-16)10(17)14-9-15(13)4/h5-9H2,1-4H3,(H,14,17). The minimum Gasteiger partial charge on any atom is -0.444 e. The SMILES string of the molecule is CN1CNC(=O)C12CCN(C(=O)OC(C)(C)C)CC2. The first-order valence-corrected chi connectivity index (χ1v) is 6.72. The highest BCUT2D eigenvalue weighted by Gasteiger charge is 2.49. The zero-order valence-electron chi connectivity index (χ0n) is 12.2. The van der Waals surface area contributed by atoms with E-state index in [1.165, 1.54) is 0 Å². The Morgan fingerprint density at radius 3 is 2.32 bits per heavy atom. The third-order valence-corrected chi connectivity index (χ3v) is 3.87. The fraction of sp³-hybridized carbons (Fsp3) is 0.846. The van der Waals surface area contributed by atoms with E-state index in [0.29, 0.717) is 32.6 Å². The Morgan fingerprint density at radius 1 is 1.32 bits per heavy atom. The molecule has 19 heavy (non-hydrogen) atoms. The Bertz CT molecular complexity index is 381. The lowest BCUT2D eigenvalue weighted by Crippen LogP contribution is -2.56. The highest BCUT2D eigenvalue weighted by molar-refractivity contribution is 5.88. The van der Waals surface area contributed by atoms with Gasteiger partial charge < -0.3 is 15.0 Å². The van der Waals surface area contributed by atoms with Crippen molar-refractivity contribution in [3.05, 3.63) is 0 Å². The van der Waals surface area contributed by atoms with Gasteiger partial charge in [-0.2, -0.15) is 0 Å². The first-order valence-electron chi connectivity index (χ1n) is 6.72. The zero-order valence-corrected chi connectivity index (χ0v) is 12.2. The van der Waals surface area contributed by atoms with Gasteiger partial charge in [0.2, 0.25) is 5.91 Å². The van der Waals surface area contributed by atoms with E-state index in [1.807, 2.05) is 32.7 Å². The van der Waals surface area contributed by atoms with Gasteiger partial charge in [-0.15, -0.1) is 0 Å². The van der Waals surface area contributed by atoms with Gasteiger partial charge in [0.1, 0.15) is 11.1 Å². The Hall–Kier alpha value is -1.30. The number of likely N-dealkylation sites (N-methyl/N-ethyl adjacent to an activating group) is 1. The number of amides is 2. The summed E-state index contributed by atoms with van der Waals surface area (Å²) in [5.41, 5.74) is -0.910. The lowest BCUT2D eigenvalue weighted by molar-refractivity contribution is -0.128. The fourth-order valence-corrected chi connectivity index (χ4v) is 2.67. The maximum absolute atomic E-state index is 12.0. The van der Waals surface area contributed by atoms with E-state index in [1.54, 1.807) is 4.90 Å². The molecular formula is C13H23N3O3. The topological polar surface area (TPSA) is 61.9 Å². The first kappa shape index (κ1) is 14.1. The van der Waals surface area contributed by atoms with Crippen LogP contribution in [-0.4, -0.2) is 59.7 Å². The third-order valence-electron chi connectivity index (χ3n) is 3.87. The van der Waals surface area contributed by atoms with Crippen molar-refractivity contribution in [2.45, 2.75) is 44.8 Å². The quantitative estimate of drug-likeness (QED) is 0.706. The van der Waals surface area contributed by atoms with Gasteiger partial charge in [-0.25, -0.2) is 4.79 Å². The number of nitrogens with zero attached hydrogens (tertiary/aromatic N) is 2. The lowest BCUT2D eigenvalue weighted by atomic mass is 9.86. The van der Waals surface area contributed by atoms with Crippen molar-refractivity contribution in [2.24, 2.45) is 0 Å². The Kier molecular flexibility index (Phi) is 3.47. The van der Waals surface area contributed by atoms with E-state index in [0.717, 1.165) is 0 Å². The van der Waals surface area contributed by atoms with Crippen LogP contribution in [0.15, 0.2) is 0 Å². The van der Waals surface area contributed by atoms with Gasteiger partial charge in [-0.3, -0.25) is 9.69 Å². The molecular weight excluding hydrogens is 246 g/mol. The molecule has 0 radical (unpaired) electrons. The smallest absolute Gasteiger partial charge is 0.410 e. The van der Waals surface area contributed by atoms with Crippen LogP contribution in [0.3, 0.4) is 0 Å². The third kappa shape index (κ3) is 2.68. The predicted molar refractivity (Wildman–Crippen MR) is 70.5 cm³/mol. The van der Waals surface area contributed by atoms with Crippen molar-refractivity contribution >= 4 is 12.0 Å². The van der Waals surface area contributed by atoms with Gasteiger partial charge in [0, 0.05) is 13.1 Å². The number of ether oxygens (including phenoxy) is 1. The van der Waals surface area contributed by atoms with Gasteiger partial charge in [0.05, 0.1) is 6.67 Å². The number of carbonyl (C=O) groups is 2. The van der Waals surface area contributed by atoms with Crippen LogP contribution < -0.4 is 5.32 Å². The number of hydrogen-bond acceptors (Lipinski definition) is 4. The minimum absolute atomic E-state index is 0.0823. The molecule has 108 valence electrons. The van der Waals surface area contributed by atoms with E-state index in [2.05, 4.69) is 5.32 Å². The van der Waals surface area contributed by atoms with E-state index in [9.17, 15) is 9.59 Å². The largest absolute Gasteiger partial charge is 0.444 e. The zero-order chi connectivity index (χ0) is 14.3. The van der Waals surface area contributed by atoms with Crippen LogP contribution in [0.2, 0.25) is 0 Å². The van der Waals surface area contributed by atoms with Crippen LogP contribution in [0.1, 0.15) is 33.6 Å². The molecule has 0 unspecified atom stereocenters. The summed E-state index contributed by atoms with van der Waals surface area (Å²) in [7, 11) is 1.95. The molecule has 0 aromatic carbocycles. The van der Waals surface area contributed by atoms with Crippen molar-refractivity contribution < 1.29 is 14.3 Å². The normalized spacial score (nSPS) is 23.6. The first-order chi connectivity index (χ1) is 8.74. The summed E-state index contributed by atoms with van der Waals surface area (Å²) in [6.45, 7) is 7.28. The Morgan fingerprint density at radius 2 is 1.89 bits per heavy atom. The molecule has 1 N–H and O–H groups in total. The molecule has 2 rings (SSSR count). The molecule has 2 aliphatic rings. The monoisotopic (exact) mass is 269 g/mol. The minimum atomic E-state index is -0.478. The van der Waals surface area contributed by atoms with Gasteiger partial charge in [0.25, 0.3) is 0 Å². The Balaban J connectivity index is 1.96. The number of carbonyl (C=O) groups excluding carboxylic acids is 2. The second-order valence-corrected chi connectivity index (χ2v) is 6.36. The summed E-state index contributed by atoms with van der Waals surface area (Å²) >= 11 is 0. The second kappa shape index (κ2) is 4.67. The van der Waals surface area contributed by atoms with Crippen LogP contribution in [0.5, 0.6) is 0 Å². The maximum Gasteiger partial charge on any atom is 0.410 e. The molecule has 0 saturated carbocycles. The molecule has 2 heterocycles. The summed E-state index contributed by atoms with van der Waals surface area (Å²) in [5, 5.41) is 2.86. The maximum atomic E-state index is 12.0. The van der Waals surface area contributed by atoms with Crippen molar-refractivity contribution in [3.63, 3.8) is 0 Å².